The van der Waals surface area contributed by atoms with Crippen molar-refractivity contribution >= 4 is 0 Å². The van der Waals surface area contributed by atoms with Crippen LogP contribution in [0.5, 0.6) is 0 Å². The summed E-state index contributed by atoms with van der Waals surface area (Å²) in [5.74, 6) is 0. The van der Waals surface area contributed by atoms with Gasteiger partial charge in [-0.25, -0.2) is 0 Å². The van der Waals surface area contributed by atoms with Gasteiger partial charge in [-0.05, 0) is 43.6 Å². The normalized spacial score (nSPS) is 10.9. The number of nitrogens with zero attached hydrogens (tertiary/aromatic N) is 1. The third-order valence-electron chi connectivity index (χ3n) is 2.43. The molecule has 1 nitrogen and oxygen atoms in total. The van der Waals surface area contributed by atoms with Crippen LogP contribution in [0.25, 0.3) is 0 Å². The molecule has 0 aliphatic heterocycles. The molecule has 14 heavy (non-hydrogen) atoms. The Morgan fingerprint density at radius 2 is 1.29 bits per heavy atom. The SMILES string of the molecule is CCc1cc(CC)cc(CN(C)C)c1. The molecule has 1 rings (SSSR count). The second-order valence-electron chi connectivity index (χ2n) is 4.10. The van der Waals surface area contributed by atoms with Crippen molar-refractivity contribution in [2.45, 2.75) is 33.2 Å². The van der Waals surface area contributed by atoms with E-state index in [9.17, 15) is 0 Å². The summed E-state index contributed by atoms with van der Waals surface area (Å²) in [6, 6.07) is 6.96. The highest BCUT2D eigenvalue weighted by Gasteiger charge is 2.00. The first-order valence-electron chi connectivity index (χ1n) is 5.42. The average molecular weight is 191 g/mol. The molecule has 0 atom stereocenters. The summed E-state index contributed by atoms with van der Waals surface area (Å²) in [4.78, 5) is 2.22. The molecule has 78 valence electrons. The Hall–Kier alpha value is -0.820. The maximum Gasteiger partial charge on any atom is 0.0227 e. The summed E-state index contributed by atoms with van der Waals surface area (Å²) in [6.45, 7) is 5.48. The van der Waals surface area contributed by atoms with Crippen LogP contribution in [-0.2, 0) is 19.4 Å². The summed E-state index contributed by atoms with van der Waals surface area (Å²) in [7, 11) is 4.23. The Morgan fingerprint density at radius 1 is 0.857 bits per heavy atom. The molecule has 0 N–H and O–H groups in total. The Kier molecular flexibility index (Phi) is 4.15. The van der Waals surface area contributed by atoms with E-state index in [1.807, 2.05) is 0 Å². The highest BCUT2D eigenvalue weighted by atomic mass is 15.0. The van der Waals surface area contributed by atoms with Crippen LogP contribution in [0, 0.1) is 0 Å². The lowest BCUT2D eigenvalue weighted by Crippen LogP contribution is -2.11. The first kappa shape index (κ1) is 11.3. The molecule has 1 aromatic carbocycles. The zero-order valence-electron chi connectivity index (χ0n) is 9.80. The van der Waals surface area contributed by atoms with Crippen molar-refractivity contribution < 1.29 is 0 Å². The zero-order chi connectivity index (χ0) is 10.6. The smallest absolute Gasteiger partial charge is 0.0227 e. The second-order valence-corrected chi connectivity index (χ2v) is 4.10. The molecule has 0 aliphatic carbocycles. The van der Waals surface area contributed by atoms with E-state index >= 15 is 0 Å². The van der Waals surface area contributed by atoms with Crippen LogP contribution >= 0.6 is 0 Å². The summed E-state index contributed by atoms with van der Waals surface area (Å²) < 4.78 is 0. The number of hydrogen-bond donors (Lipinski definition) is 0. The fourth-order valence-corrected chi connectivity index (χ4v) is 1.70. The van der Waals surface area contributed by atoms with Crippen LogP contribution < -0.4 is 0 Å². The van der Waals surface area contributed by atoms with Gasteiger partial charge in [-0.15, -0.1) is 0 Å². The van der Waals surface area contributed by atoms with E-state index in [0.717, 1.165) is 19.4 Å². The van der Waals surface area contributed by atoms with Crippen molar-refractivity contribution in [3.63, 3.8) is 0 Å². The van der Waals surface area contributed by atoms with Gasteiger partial charge in [-0.2, -0.15) is 0 Å². The largest absolute Gasteiger partial charge is 0.305 e. The minimum atomic E-state index is 1.04. The van der Waals surface area contributed by atoms with E-state index in [4.69, 9.17) is 0 Å². The minimum absolute atomic E-state index is 1.04. The number of aryl methyl sites for hydroxylation is 2. The van der Waals surface area contributed by atoms with E-state index in [1.54, 1.807) is 0 Å². The van der Waals surface area contributed by atoms with Crippen LogP contribution in [-0.4, -0.2) is 19.0 Å². The fourth-order valence-electron chi connectivity index (χ4n) is 1.70. The number of rotatable bonds is 4. The molecule has 0 fully saturated rings. The summed E-state index contributed by atoms with van der Waals surface area (Å²) in [5.41, 5.74) is 4.36. The van der Waals surface area contributed by atoms with Gasteiger partial charge >= 0.3 is 0 Å². The molecule has 1 heteroatoms. The minimum Gasteiger partial charge on any atom is -0.305 e. The van der Waals surface area contributed by atoms with Gasteiger partial charge in [0.2, 0.25) is 0 Å². The van der Waals surface area contributed by atoms with E-state index in [-0.39, 0.29) is 0 Å². The molecule has 0 spiro atoms. The lowest BCUT2D eigenvalue weighted by Gasteiger charge is -2.12. The quantitative estimate of drug-likeness (QED) is 0.707. The predicted molar refractivity (Wildman–Crippen MR) is 62.6 cm³/mol. The van der Waals surface area contributed by atoms with Gasteiger partial charge in [0.15, 0.2) is 0 Å². The van der Waals surface area contributed by atoms with Gasteiger partial charge < -0.3 is 4.90 Å². The fraction of sp³-hybridized carbons (Fsp3) is 0.538. The van der Waals surface area contributed by atoms with E-state index in [2.05, 4.69) is 51.0 Å². The predicted octanol–water partition coefficient (Wildman–Crippen LogP) is 2.87. The third kappa shape index (κ3) is 3.15. The van der Waals surface area contributed by atoms with E-state index in [1.165, 1.54) is 16.7 Å². The molecule has 0 amide bonds. The molecule has 0 aromatic heterocycles. The van der Waals surface area contributed by atoms with Crippen molar-refractivity contribution in [3.05, 3.63) is 34.9 Å². The van der Waals surface area contributed by atoms with Gasteiger partial charge in [-0.1, -0.05) is 32.0 Å². The topological polar surface area (TPSA) is 3.24 Å². The van der Waals surface area contributed by atoms with Gasteiger partial charge in [-0.3, -0.25) is 0 Å². The molecule has 0 unspecified atom stereocenters. The molecule has 0 radical (unpaired) electrons. The van der Waals surface area contributed by atoms with Crippen LogP contribution in [0.15, 0.2) is 18.2 Å². The lowest BCUT2D eigenvalue weighted by molar-refractivity contribution is 0.402. The summed E-state index contributed by atoms with van der Waals surface area (Å²) in [6.07, 6.45) is 2.27. The van der Waals surface area contributed by atoms with Crippen LogP contribution in [0.4, 0.5) is 0 Å². The van der Waals surface area contributed by atoms with Crippen molar-refractivity contribution in [3.8, 4) is 0 Å². The molecular weight excluding hydrogens is 170 g/mol. The molecule has 0 bridgehead atoms. The van der Waals surface area contributed by atoms with Crippen LogP contribution in [0.3, 0.4) is 0 Å². The number of benzene rings is 1. The number of hydrogen-bond acceptors (Lipinski definition) is 1. The van der Waals surface area contributed by atoms with Crippen molar-refractivity contribution in [2.24, 2.45) is 0 Å². The Morgan fingerprint density at radius 3 is 1.64 bits per heavy atom. The average Bonchev–Trinajstić information content (AvgIpc) is 2.16. The molecule has 0 saturated heterocycles. The summed E-state index contributed by atoms with van der Waals surface area (Å²) in [5, 5.41) is 0. The summed E-state index contributed by atoms with van der Waals surface area (Å²) >= 11 is 0. The van der Waals surface area contributed by atoms with Gasteiger partial charge in [0.25, 0.3) is 0 Å². The molecule has 0 heterocycles. The lowest BCUT2D eigenvalue weighted by atomic mass is 10.0. The first-order chi connectivity index (χ1) is 6.65. The molecule has 1 aromatic rings. The van der Waals surface area contributed by atoms with Crippen LogP contribution in [0.1, 0.15) is 30.5 Å². The Bertz CT molecular complexity index is 267. The first-order valence-corrected chi connectivity index (χ1v) is 5.42. The molecule has 0 aliphatic rings. The highest BCUT2D eigenvalue weighted by molar-refractivity contribution is 5.30. The Balaban J connectivity index is 2.92. The maximum atomic E-state index is 2.32. The monoisotopic (exact) mass is 191 g/mol. The van der Waals surface area contributed by atoms with Gasteiger partial charge in [0.1, 0.15) is 0 Å². The Labute approximate surface area is 87.7 Å². The second kappa shape index (κ2) is 5.16. The van der Waals surface area contributed by atoms with Crippen molar-refractivity contribution in [1.82, 2.24) is 4.90 Å². The van der Waals surface area contributed by atoms with E-state index < -0.39 is 0 Å². The van der Waals surface area contributed by atoms with E-state index in [0.29, 0.717) is 0 Å². The molecular formula is C13H21N. The third-order valence-corrected chi connectivity index (χ3v) is 2.43. The highest BCUT2D eigenvalue weighted by Crippen LogP contribution is 2.12. The van der Waals surface area contributed by atoms with Crippen molar-refractivity contribution in [2.75, 3.05) is 14.1 Å². The maximum absolute atomic E-state index is 2.32. The van der Waals surface area contributed by atoms with Crippen LogP contribution in [0.2, 0.25) is 0 Å². The zero-order valence-corrected chi connectivity index (χ0v) is 9.80. The van der Waals surface area contributed by atoms with Crippen molar-refractivity contribution in [1.29, 1.82) is 0 Å². The standard InChI is InChI=1S/C13H21N/c1-5-11-7-12(6-2)9-13(8-11)10-14(3)4/h7-9H,5-6,10H2,1-4H3. The molecule has 0 saturated carbocycles. The van der Waals surface area contributed by atoms with Gasteiger partial charge in [0.05, 0.1) is 0 Å². The van der Waals surface area contributed by atoms with Gasteiger partial charge in [0, 0.05) is 6.54 Å².